The van der Waals surface area contributed by atoms with Crippen LogP contribution in [0.4, 0.5) is 5.69 Å². The molecule has 1 aromatic carbocycles. The molecule has 0 aliphatic carbocycles. The van der Waals surface area contributed by atoms with Gasteiger partial charge < -0.3 is 10.1 Å². The van der Waals surface area contributed by atoms with Crippen LogP contribution < -0.4 is 5.32 Å². The molecule has 0 fully saturated rings. The average molecular weight is 379 g/mol. The third kappa shape index (κ3) is 4.73. The molecule has 144 valence electrons. The highest BCUT2D eigenvalue weighted by Crippen LogP contribution is 2.13. The third-order valence-electron chi connectivity index (χ3n) is 4.06. The molecule has 1 amide bonds. The molecule has 0 aliphatic heterocycles. The van der Waals surface area contributed by atoms with E-state index in [4.69, 9.17) is 4.74 Å². The number of carbonyl (C=O) groups excluding carboxylic acids is 2. The molecule has 0 aliphatic rings. The second kappa shape index (κ2) is 8.81. The van der Waals surface area contributed by atoms with Crippen molar-refractivity contribution in [2.75, 3.05) is 12.4 Å². The smallest absolute Gasteiger partial charge is 0.338 e. The number of carbonyl (C=O) groups is 2. The molecule has 3 rings (SSSR count). The molecular weight excluding hydrogens is 358 g/mol. The van der Waals surface area contributed by atoms with Crippen LogP contribution in [0.2, 0.25) is 0 Å². The van der Waals surface area contributed by atoms with Gasteiger partial charge in [0.1, 0.15) is 0 Å². The van der Waals surface area contributed by atoms with Gasteiger partial charge in [0.05, 0.1) is 37.3 Å². The highest BCUT2D eigenvalue weighted by molar-refractivity contribution is 6.01. The Hall–Kier alpha value is -3.68. The van der Waals surface area contributed by atoms with Crippen molar-refractivity contribution in [1.29, 1.82) is 0 Å². The lowest BCUT2D eigenvalue weighted by atomic mass is 10.1. The summed E-state index contributed by atoms with van der Waals surface area (Å²) in [4.78, 5) is 24.0. The highest BCUT2D eigenvalue weighted by Gasteiger charge is 2.12. The van der Waals surface area contributed by atoms with Crippen LogP contribution in [-0.4, -0.2) is 38.5 Å². The lowest BCUT2D eigenvalue weighted by molar-refractivity contribution is -0.111. The minimum absolute atomic E-state index is 0.265. The molecule has 0 saturated heterocycles. The zero-order valence-electron chi connectivity index (χ0n) is 15.7. The number of hydrogen-bond acceptors (Lipinski definition) is 5. The monoisotopic (exact) mass is 379 g/mol. The zero-order chi connectivity index (χ0) is 19.9. The van der Waals surface area contributed by atoms with E-state index in [-0.39, 0.29) is 5.91 Å². The fraction of sp³-hybridized carbons (Fsp3) is 0.200. The predicted molar refractivity (Wildman–Crippen MR) is 105 cm³/mol. The minimum Gasteiger partial charge on any atom is -0.465 e. The summed E-state index contributed by atoms with van der Waals surface area (Å²) in [6.45, 7) is 3.15. The molecule has 0 spiro atoms. The summed E-state index contributed by atoms with van der Waals surface area (Å²) in [7, 11) is 1.35. The van der Waals surface area contributed by atoms with Crippen molar-refractivity contribution in [3.05, 3.63) is 71.8 Å². The Morgan fingerprint density at radius 1 is 1.14 bits per heavy atom. The molecule has 0 unspecified atom stereocenters. The second-order valence-electron chi connectivity index (χ2n) is 6.03. The van der Waals surface area contributed by atoms with Gasteiger partial charge >= 0.3 is 5.97 Å². The number of benzene rings is 1. The van der Waals surface area contributed by atoms with Crippen LogP contribution in [0.1, 0.15) is 28.4 Å². The standard InChI is InChI=1S/C20H21N5O3/c1-3-24-12-15(10-21-24)8-9-19(26)23-17-11-22-25(14-17)13-16-6-4-5-7-18(16)20(27)28-2/h4-12,14H,3,13H2,1-2H3,(H,23,26)/b9-8+. The Labute approximate surface area is 162 Å². The van der Waals surface area contributed by atoms with E-state index in [0.29, 0.717) is 17.8 Å². The van der Waals surface area contributed by atoms with Crippen LogP contribution in [0.15, 0.2) is 55.1 Å². The number of aromatic nitrogens is 4. The van der Waals surface area contributed by atoms with E-state index in [2.05, 4.69) is 15.5 Å². The van der Waals surface area contributed by atoms with Gasteiger partial charge in [0.15, 0.2) is 0 Å². The van der Waals surface area contributed by atoms with E-state index in [1.807, 2.05) is 25.3 Å². The molecule has 2 aromatic heterocycles. The van der Waals surface area contributed by atoms with Gasteiger partial charge in [0.25, 0.3) is 0 Å². The summed E-state index contributed by atoms with van der Waals surface area (Å²) < 4.78 is 8.24. The number of anilines is 1. The van der Waals surface area contributed by atoms with Gasteiger partial charge in [-0.25, -0.2) is 4.79 Å². The molecular formula is C20H21N5O3. The van der Waals surface area contributed by atoms with Crippen LogP contribution in [0.3, 0.4) is 0 Å². The summed E-state index contributed by atoms with van der Waals surface area (Å²) in [5.41, 5.74) is 2.69. The summed E-state index contributed by atoms with van der Waals surface area (Å²) in [6.07, 6.45) is 9.97. The molecule has 1 N–H and O–H groups in total. The number of aryl methyl sites for hydroxylation is 1. The summed E-state index contributed by atoms with van der Waals surface area (Å²) in [5.74, 6) is -0.661. The number of nitrogens with one attached hydrogen (secondary N) is 1. The van der Waals surface area contributed by atoms with Crippen LogP contribution in [0, 0.1) is 0 Å². The average Bonchev–Trinajstić information content (AvgIpc) is 3.35. The van der Waals surface area contributed by atoms with Crippen molar-refractivity contribution in [3.63, 3.8) is 0 Å². The zero-order valence-corrected chi connectivity index (χ0v) is 15.7. The van der Waals surface area contributed by atoms with Crippen LogP contribution in [0.5, 0.6) is 0 Å². The predicted octanol–water partition coefficient (Wildman–Crippen LogP) is 2.59. The fourth-order valence-electron chi connectivity index (χ4n) is 2.65. The maximum Gasteiger partial charge on any atom is 0.338 e. The molecule has 2 heterocycles. The van der Waals surface area contributed by atoms with Crippen molar-refractivity contribution in [2.45, 2.75) is 20.0 Å². The van der Waals surface area contributed by atoms with E-state index in [0.717, 1.165) is 17.7 Å². The van der Waals surface area contributed by atoms with E-state index < -0.39 is 5.97 Å². The van der Waals surface area contributed by atoms with E-state index >= 15 is 0 Å². The Balaban J connectivity index is 1.63. The first kappa shape index (κ1) is 19.1. The largest absolute Gasteiger partial charge is 0.465 e. The van der Waals surface area contributed by atoms with Crippen molar-refractivity contribution in [1.82, 2.24) is 19.6 Å². The molecule has 8 heteroatoms. The van der Waals surface area contributed by atoms with Gasteiger partial charge in [-0.1, -0.05) is 18.2 Å². The van der Waals surface area contributed by atoms with E-state index in [1.54, 1.807) is 46.2 Å². The molecule has 0 saturated carbocycles. The number of amides is 1. The van der Waals surface area contributed by atoms with E-state index in [9.17, 15) is 9.59 Å². The van der Waals surface area contributed by atoms with Gasteiger partial charge in [-0.15, -0.1) is 0 Å². The number of esters is 1. The summed E-state index contributed by atoms with van der Waals surface area (Å²) in [6, 6.07) is 7.17. The van der Waals surface area contributed by atoms with Crippen molar-refractivity contribution in [3.8, 4) is 0 Å². The molecule has 0 bridgehead atoms. The number of nitrogens with zero attached hydrogens (tertiary/aromatic N) is 4. The first-order chi connectivity index (χ1) is 13.6. The van der Waals surface area contributed by atoms with Crippen molar-refractivity contribution >= 4 is 23.6 Å². The SMILES string of the molecule is CCn1cc(/C=C/C(=O)Nc2cnn(Cc3ccccc3C(=O)OC)c2)cn1. The Bertz CT molecular complexity index is 1000. The number of ether oxygens (including phenoxy) is 1. The van der Waals surface area contributed by atoms with Gasteiger partial charge in [-0.3, -0.25) is 14.2 Å². The number of methoxy groups -OCH3 is 1. The molecule has 0 radical (unpaired) electrons. The minimum atomic E-state index is -0.396. The van der Waals surface area contributed by atoms with Crippen LogP contribution in [0.25, 0.3) is 6.08 Å². The lowest BCUT2D eigenvalue weighted by Crippen LogP contribution is -2.09. The first-order valence-electron chi connectivity index (χ1n) is 8.79. The Morgan fingerprint density at radius 3 is 2.68 bits per heavy atom. The normalized spacial score (nSPS) is 10.9. The molecule has 0 atom stereocenters. The van der Waals surface area contributed by atoms with Gasteiger partial charge in [-0.05, 0) is 24.6 Å². The quantitative estimate of drug-likeness (QED) is 0.503. The molecule has 3 aromatic rings. The van der Waals surface area contributed by atoms with Gasteiger partial charge in [-0.2, -0.15) is 10.2 Å². The maximum absolute atomic E-state index is 12.1. The molecule has 28 heavy (non-hydrogen) atoms. The van der Waals surface area contributed by atoms with Gasteiger partial charge in [0.2, 0.25) is 5.91 Å². The summed E-state index contributed by atoms with van der Waals surface area (Å²) >= 11 is 0. The second-order valence-corrected chi connectivity index (χ2v) is 6.03. The fourth-order valence-corrected chi connectivity index (χ4v) is 2.65. The Kier molecular flexibility index (Phi) is 6.01. The molecule has 8 nitrogen and oxygen atoms in total. The lowest BCUT2D eigenvalue weighted by Gasteiger charge is -2.07. The third-order valence-corrected chi connectivity index (χ3v) is 4.06. The highest BCUT2D eigenvalue weighted by atomic mass is 16.5. The maximum atomic E-state index is 12.1. The van der Waals surface area contributed by atoms with Crippen molar-refractivity contribution < 1.29 is 14.3 Å². The number of rotatable bonds is 7. The van der Waals surface area contributed by atoms with E-state index in [1.165, 1.54) is 13.2 Å². The van der Waals surface area contributed by atoms with Crippen LogP contribution in [-0.2, 0) is 22.6 Å². The first-order valence-corrected chi connectivity index (χ1v) is 8.79. The summed E-state index contributed by atoms with van der Waals surface area (Å²) in [5, 5.41) is 11.1. The Morgan fingerprint density at radius 2 is 1.93 bits per heavy atom. The van der Waals surface area contributed by atoms with Gasteiger partial charge in [0, 0.05) is 30.6 Å². The van der Waals surface area contributed by atoms with Crippen molar-refractivity contribution in [2.24, 2.45) is 0 Å². The van der Waals surface area contributed by atoms with Crippen LogP contribution >= 0.6 is 0 Å². The number of hydrogen-bond donors (Lipinski definition) is 1. The topological polar surface area (TPSA) is 91.0 Å².